The van der Waals surface area contributed by atoms with Crippen LogP contribution in [-0.2, 0) is 0 Å². The van der Waals surface area contributed by atoms with E-state index in [-0.39, 0.29) is 11.6 Å². The number of fused-ring (bicyclic) bond motifs is 1. The smallest absolute Gasteiger partial charge is 0.266 e. The number of aromatic nitrogens is 2. The molecule has 0 unspecified atom stereocenters. The molecule has 0 aliphatic heterocycles. The molecule has 4 nitrogen and oxygen atoms in total. The Bertz CT molecular complexity index is 895. The Labute approximate surface area is 135 Å². The van der Waals surface area contributed by atoms with Crippen molar-refractivity contribution in [2.24, 2.45) is 0 Å². The van der Waals surface area contributed by atoms with Crippen molar-refractivity contribution in [1.29, 1.82) is 0 Å². The van der Waals surface area contributed by atoms with Gasteiger partial charge in [0.1, 0.15) is 6.04 Å². The minimum Gasteiger partial charge on any atom is -0.340 e. The van der Waals surface area contributed by atoms with Crippen molar-refractivity contribution in [2.45, 2.75) is 26.3 Å². The fourth-order valence-corrected chi connectivity index (χ4v) is 2.98. The van der Waals surface area contributed by atoms with E-state index in [2.05, 4.69) is 12.2 Å². The first-order valence-corrected chi connectivity index (χ1v) is 8.04. The Morgan fingerprint density at radius 1 is 1.17 bits per heavy atom. The van der Waals surface area contributed by atoms with Gasteiger partial charge in [0.25, 0.3) is 5.56 Å². The summed E-state index contributed by atoms with van der Waals surface area (Å²) in [5.41, 5.74) is 2.76. The van der Waals surface area contributed by atoms with Crippen LogP contribution in [0.2, 0.25) is 0 Å². The number of nitrogens with zero attached hydrogens (tertiary/aromatic N) is 2. The Morgan fingerprint density at radius 3 is 2.65 bits per heavy atom. The van der Waals surface area contributed by atoms with Crippen molar-refractivity contribution in [3.8, 4) is 5.69 Å². The number of hydrogen-bond donors (Lipinski definition) is 1. The normalized spacial score (nSPS) is 12.5. The molecule has 0 aliphatic rings. The molecule has 0 fully saturated rings. The van der Waals surface area contributed by atoms with E-state index in [1.165, 1.54) is 0 Å². The summed E-state index contributed by atoms with van der Waals surface area (Å²) in [4.78, 5) is 17.9. The fraction of sp³-hybridized carbons (Fsp3) is 0.263. The summed E-state index contributed by atoms with van der Waals surface area (Å²) < 4.78 is 1.77. The summed E-state index contributed by atoms with van der Waals surface area (Å²) in [6.45, 7) is 4.15. The Balaban J connectivity index is 2.39. The van der Waals surface area contributed by atoms with E-state index in [4.69, 9.17) is 4.98 Å². The molecule has 2 aromatic carbocycles. The molecule has 0 saturated heterocycles. The van der Waals surface area contributed by atoms with E-state index in [1.54, 1.807) is 4.57 Å². The van der Waals surface area contributed by atoms with Crippen molar-refractivity contribution in [3.63, 3.8) is 0 Å². The summed E-state index contributed by atoms with van der Waals surface area (Å²) in [6.07, 6.45) is 0.910. The van der Waals surface area contributed by atoms with E-state index in [1.807, 2.05) is 62.5 Å². The van der Waals surface area contributed by atoms with Gasteiger partial charge in [-0.25, -0.2) is 4.98 Å². The van der Waals surface area contributed by atoms with Gasteiger partial charge in [0, 0.05) is 6.42 Å². The highest BCUT2D eigenvalue weighted by atomic mass is 16.1. The Kier molecular flexibility index (Phi) is 4.26. The van der Waals surface area contributed by atoms with Gasteiger partial charge in [-0.15, -0.1) is 0 Å². The lowest BCUT2D eigenvalue weighted by molar-refractivity contribution is -0.672. The number of aryl methyl sites for hydroxylation is 1. The van der Waals surface area contributed by atoms with Gasteiger partial charge < -0.3 is 5.32 Å². The zero-order valence-corrected chi connectivity index (χ0v) is 13.8. The van der Waals surface area contributed by atoms with Gasteiger partial charge >= 0.3 is 0 Å². The monoisotopic (exact) mass is 308 g/mol. The first kappa shape index (κ1) is 15.4. The van der Waals surface area contributed by atoms with Crippen LogP contribution in [-0.4, -0.2) is 16.6 Å². The molecule has 4 heteroatoms. The van der Waals surface area contributed by atoms with Gasteiger partial charge in [-0.2, -0.15) is 0 Å². The maximum absolute atomic E-state index is 13.1. The van der Waals surface area contributed by atoms with Gasteiger partial charge in [-0.3, -0.25) is 9.36 Å². The third-order valence-corrected chi connectivity index (χ3v) is 4.24. The van der Waals surface area contributed by atoms with Crippen LogP contribution in [0.25, 0.3) is 16.6 Å². The molecule has 3 rings (SSSR count). The largest absolute Gasteiger partial charge is 0.340 e. The fourth-order valence-electron chi connectivity index (χ4n) is 2.98. The summed E-state index contributed by atoms with van der Waals surface area (Å²) in [5, 5.41) is 2.77. The van der Waals surface area contributed by atoms with Crippen molar-refractivity contribution >= 4 is 10.9 Å². The molecule has 118 valence electrons. The van der Waals surface area contributed by atoms with E-state index in [0.29, 0.717) is 5.39 Å². The number of para-hydroxylation sites is 1. The lowest BCUT2D eigenvalue weighted by Crippen LogP contribution is -2.81. The molecule has 1 atom stereocenters. The second-order valence-corrected chi connectivity index (χ2v) is 5.81. The van der Waals surface area contributed by atoms with Gasteiger partial charge in [0.05, 0.1) is 23.6 Å². The molecule has 0 spiro atoms. The first-order chi connectivity index (χ1) is 11.2. The second-order valence-electron chi connectivity index (χ2n) is 5.81. The quantitative estimate of drug-likeness (QED) is 0.804. The molecule has 0 saturated carbocycles. The molecule has 0 radical (unpaired) electrons. The number of benzene rings is 2. The van der Waals surface area contributed by atoms with Crippen molar-refractivity contribution in [1.82, 2.24) is 9.55 Å². The van der Waals surface area contributed by atoms with Crippen LogP contribution < -0.4 is 10.9 Å². The molecule has 0 bridgehead atoms. The van der Waals surface area contributed by atoms with Crippen LogP contribution in [0, 0.1) is 6.92 Å². The predicted molar refractivity (Wildman–Crippen MR) is 93.0 cm³/mol. The van der Waals surface area contributed by atoms with E-state index in [9.17, 15) is 4.79 Å². The Hall–Kier alpha value is -2.46. The molecule has 0 amide bonds. The first-order valence-electron chi connectivity index (χ1n) is 8.04. The minimum absolute atomic E-state index is 0.00324. The van der Waals surface area contributed by atoms with E-state index in [0.717, 1.165) is 29.0 Å². The van der Waals surface area contributed by atoms with Crippen molar-refractivity contribution in [3.05, 3.63) is 70.3 Å². The number of quaternary nitrogens is 1. The van der Waals surface area contributed by atoms with Crippen molar-refractivity contribution < 1.29 is 5.32 Å². The summed E-state index contributed by atoms with van der Waals surface area (Å²) in [5.74, 6) is 0.810. The molecule has 23 heavy (non-hydrogen) atoms. The van der Waals surface area contributed by atoms with Crippen molar-refractivity contribution in [2.75, 3.05) is 7.05 Å². The van der Waals surface area contributed by atoms with Crippen LogP contribution >= 0.6 is 0 Å². The van der Waals surface area contributed by atoms with Crippen LogP contribution in [0.5, 0.6) is 0 Å². The maximum Gasteiger partial charge on any atom is 0.266 e. The third kappa shape index (κ3) is 2.78. The van der Waals surface area contributed by atoms with Gasteiger partial charge in [0.2, 0.25) is 0 Å². The SMILES string of the molecule is CC[C@@H]([NH2+]C)c1nc2ccccc2c(=O)n1-c1cccc(C)c1. The summed E-state index contributed by atoms with van der Waals surface area (Å²) in [7, 11) is 2.02. The van der Waals surface area contributed by atoms with Gasteiger partial charge in [-0.05, 0) is 36.8 Å². The molecule has 0 aliphatic carbocycles. The zero-order chi connectivity index (χ0) is 16.4. The summed E-state index contributed by atoms with van der Waals surface area (Å²) in [6, 6.07) is 15.7. The van der Waals surface area contributed by atoms with E-state index < -0.39 is 0 Å². The van der Waals surface area contributed by atoms with Gasteiger partial charge in [0.15, 0.2) is 5.82 Å². The average molecular weight is 308 g/mol. The zero-order valence-electron chi connectivity index (χ0n) is 13.8. The van der Waals surface area contributed by atoms with Crippen LogP contribution in [0.1, 0.15) is 30.8 Å². The predicted octanol–water partition coefficient (Wildman–Crippen LogP) is 2.34. The number of nitrogens with two attached hydrogens (primary N) is 1. The minimum atomic E-state index is -0.00324. The van der Waals surface area contributed by atoms with Gasteiger partial charge in [-0.1, -0.05) is 31.2 Å². The highest BCUT2D eigenvalue weighted by molar-refractivity contribution is 5.77. The highest BCUT2D eigenvalue weighted by Gasteiger charge is 2.21. The third-order valence-electron chi connectivity index (χ3n) is 4.24. The van der Waals surface area contributed by atoms with Crippen LogP contribution in [0.15, 0.2) is 53.3 Å². The molecular weight excluding hydrogens is 286 g/mol. The van der Waals surface area contributed by atoms with E-state index >= 15 is 0 Å². The maximum atomic E-state index is 13.1. The molecule has 2 N–H and O–H groups in total. The standard InChI is InChI=1S/C19H21N3O/c1-4-16(20-3)18-21-17-11-6-5-10-15(17)19(23)22(18)14-9-7-8-13(2)12-14/h5-12,16,20H,4H2,1-3H3/p+1/t16-/m1/s1. The second kappa shape index (κ2) is 6.34. The van der Waals surface area contributed by atoms with Crippen LogP contribution in [0.4, 0.5) is 0 Å². The summed E-state index contributed by atoms with van der Waals surface area (Å²) >= 11 is 0. The highest BCUT2D eigenvalue weighted by Crippen LogP contribution is 2.18. The number of rotatable bonds is 4. The number of hydrogen-bond acceptors (Lipinski definition) is 2. The van der Waals surface area contributed by atoms with Crippen LogP contribution in [0.3, 0.4) is 0 Å². The average Bonchev–Trinajstić information content (AvgIpc) is 2.56. The lowest BCUT2D eigenvalue weighted by Gasteiger charge is -2.18. The Morgan fingerprint density at radius 2 is 1.96 bits per heavy atom. The lowest BCUT2D eigenvalue weighted by atomic mass is 10.1. The molecule has 3 aromatic rings. The molecule has 1 heterocycles. The molecule has 1 aromatic heterocycles. The molecular formula is C19H22N3O+. The topological polar surface area (TPSA) is 51.5 Å².